The van der Waals surface area contributed by atoms with Crippen LogP contribution in [0.1, 0.15) is 55.6 Å². The largest absolute Gasteiger partial charge is 1.00 e. The molecule has 0 fully saturated rings. The molecular weight excluding hydrogens is 1380 g/mol. The van der Waals surface area contributed by atoms with Gasteiger partial charge in [0.05, 0.1) is 0 Å². The van der Waals surface area contributed by atoms with E-state index in [2.05, 4.69) is 32.9 Å². The summed E-state index contributed by atoms with van der Waals surface area (Å²) in [5.41, 5.74) is -9.58. The van der Waals surface area contributed by atoms with Crippen molar-refractivity contribution in [2.24, 2.45) is 0 Å². The summed E-state index contributed by atoms with van der Waals surface area (Å²) in [5, 5.41) is 0. The number of halogens is 20. The molecular formula is C75H46BF20LiO5. The van der Waals surface area contributed by atoms with Gasteiger partial charge in [0.1, 0.15) is 85.7 Å². The first kappa shape index (κ1) is 76.9. The van der Waals surface area contributed by atoms with Gasteiger partial charge in [0.2, 0.25) is 58.2 Å². The normalized spacial score (nSPS) is 11.1. The van der Waals surface area contributed by atoms with E-state index in [-0.39, 0.29) is 53.8 Å². The molecule has 10 aromatic rings. The molecule has 0 unspecified atom stereocenters. The van der Waals surface area contributed by atoms with E-state index in [1.54, 1.807) is 30.3 Å². The molecule has 0 aliphatic heterocycles. The number of benzene rings is 10. The van der Waals surface area contributed by atoms with Gasteiger partial charge < -0.3 is 23.7 Å². The third-order valence-electron chi connectivity index (χ3n) is 15.8. The molecule has 10 aromatic carbocycles. The van der Waals surface area contributed by atoms with Crippen LogP contribution in [0.3, 0.4) is 0 Å². The Kier molecular flexibility index (Phi) is 24.6. The van der Waals surface area contributed by atoms with Crippen molar-refractivity contribution in [3.8, 4) is 28.7 Å². The molecule has 0 bridgehead atoms. The molecule has 0 aliphatic rings. The summed E-state index contributed by atoms with van der Waals surface area (Å²) >= 11 is 0. The quantitative estimate of drug-likeness (QED) is 0.0343. The van der Waals surface area contributed by atoms with Gasteiger partial charge in [0, 0.05) is 6.07 Å². The Morgan fingerprint density at radius 3 is 0.520 bits per heavy atom. The molecule has 520 valence electrons. The van der Waals surface area contributed by atoms with Crippen LogP contribution in [-0.4, -0.2) is 6.15 Å². The Balaban J connectivity index is 0.000000539. The first-order valence-corrected chi connectivity index (χ1v) is 29.3. The van der Waals surface area contributed by atoms with Crippen molar-refractivity contribution in [2.75, 3.05) is 0 Å². The zero-order valence-electron chi connectivity index (χ0n) is 52.8. The number of ether oxygens (including phenoxy) is 5. The molecule has 5 nitrogen and oxygen atoms in total. The fourth-order valence-electron chi connectivity index (χ4n) is 10.6. The van der Waals surface area contributed by atoms with Crippen LogP contribution in [-0.2, 0) is 33.0 Å². The summed E-state index contributed by atoms with van der Waals surface area (Å²) in [4.78, 5) is 0. The second-order valence-corrected chi connectivity index (χ2v) is 21.8. The van der Waals surface area contributed by atoms with Gasteiger partial charge in [-0.25, -0.2) is 43.9 Å². The Morgan fingerprint density at radius 1 is 0.225 bits per heavy atom. The minimum Gasteiger partial charge on any atom is -0.483 e. The van der Waals surface area contributed by atoms with Crippen molar-refractivity contribution in [3.63, 3.8) is 0 Å². The van der Waals surface area contributed by atoms with Gasteiger partial charge in [0.25, 0.3) is 0 Å². The van der Waals surface area contributed by atoms with Gasteiger partial charge in [-0.15, -0.1) is 21.9 Å². The third kappa shape index (κ3) is 15.1. The standard InChI is InChI=1S/C60H36BF16O4.C15H10F4O.Li/c1-5-29-9-17-33(18-10-29)25-78-57-49(70)41(62)37(42(63)50(57)71)61(38-43(64)51(72)58(52(73)44(38)65)79-26-34-19-11-30(6-2)12-20-34,39-45(66)53(74)59(54(75)46(39)67)80-27-35-21-13-31(7-3)14-22-35)40-47(68)55(76)60(56(77)48(40)69)81-28-36-23-15-32(8-4)16-24-36;1-2-9-3-5-10(6-4-9)8-20-15-13(18)11(16)7-12(17)14(15)19;/h5-24H,1-4,25-28H2;2-7H,1,8H2;/q-1;;+1. The zero-order chi connectivity index (χ0) is 73.5. The molecule has 0 N–H and O–H groups in total. The van der Waals surface area contributed by atoms with E-state index < -0.39 is 200 Å². The number of hydrogen-bond acceptors (Lipinski definition) is 5. The van der Waals surface area contributed by atoms with Crippen molar-refractivity contribution >= 4 is 58.4 Å². The summed E-state index contributed by atoms with van der Waals surface area (Å²) < 4.78 is 352. The van der Waals surface area contributed by atoms with E-state index in [0.717, 1.165) is 5.56 Å². The first-order chi connectivity index (χ1) is 48.2. The van der Waals surface area contributed by atoms with E-state index in [1.807, 2.05) is 0 Å². The van der Waals surface area contributed by atoms with Crippen LogP contribution in [0.4, 0.5) is 87.8 Å². The first-order valence-electron chi connectivity index (χ1n) is 29.3. The van der Waals surface area contributed by atoms with Gasteiger partial charge in [-0.3, -0.25) is 0 Å². The Morgan fingerprint density at radius 2 is 0.373 bits per heavy atom. The maximum atomic E-state index is 17.6. The maximum absolute atomic E-state index is 17.6. The second kappa shape index (κ2) is 32.7. The molecule has 0 radical (unpaired) electrons. The van der Waals surface area contributed by atoms with Crippen LogP contribution in [0.5, 0.6) is 28.7 Å². The molecule has 0 saturated heterocycles. The van der Waals surface area contributed by atoms with Crippen LogP contribution >= 0.6 is 0 Å². The minimum atomic E-state index is -7.08. The van der Waals surface area contributed by atoms with Crippen LogP contribution in [0.15, 0.2) is 160 Å². The molecule has 0 saturated carbocycles. The maximum Gasteiger partial charge on any atom is 1.00 e. The summed E-state index contributed by atoms with van der Waals surface area (Å²) in [7, 11) is 0. The summed E-state index contributed by atoms with van der Waals surface area (Å²) in [6, 6.07) is 27.8. The average Bonchev–Trinajstić information content (AvgIpc) is 0.680. The topological polar surface area (TPSA) is 46.2 Å². The Labute approximate surface area is 580 Å². The van der Waals surface area contributed by atoms with Gasteiger partial charge in [0.15, 0.2) is 40.4 Å². The summed E-state index contributed by atoms with van der Waals surface area (Å²) in [5.74, 6) is -65.9. The van der Waals surface area contributed by atoms with Crippen LogP contribution < -0.4 is 64.4 Å². The molecule has 0 spiro atoms. The van der Waals surface area contributed by atoms with Gasteiger partial charge >= 0.3 is 18.9 Å². The van der Waals surface area contributed by atoms with Crippen molar-refractivity contribution in [2.45, 2.75) is 33.0 Å². The van der Waals surface area contributed by atoms with E-state index in [9.17, 15) is 17.6 Å². The smallest absolute Gasteiger partial charge is 0.483 e. The summed E-state index contributed by atoms with van der Waals surface area (Å²) in [6.07, 6.45) is -0.0144. The minimum absolute atomic E-state index is 0. The van der Waals surface area contributed by atoms with Gasteiger partial charge in [-0.05, 0) is 55.6 Å². The van der Waals surface area contributed by atoms with Crippen LogP contribution in [0.2, 0.25) is 0 Å². The fraction of sp³-hybridized carbons (Fsp3) is 0.0667. The zero-order valence-corrected chi connectivity index (χ0v) is 52.8. The third-order valence-corrected chi connectivity index (χ3v) is 15.8. The Hall–Kier alpha value is -10.8. The average molecular weight is 1420 g/mol. The summed E-state index contributed by atoms with van der Waals surface area (Å²) in [6.45, 7) is 13.4. The molecule has 0 amide bonds. The predicted octanol–water partition coefficient (Wildman–Crippen LogP) is 15.6. The van der Waals surface area contributed by atoms with Crippen molar-refractivity contribution < 1.29 is 130 Å². The predicted molar refractivity (Wildman–Crippen MR) is 340 cm³/mol. The monoisotopic (exact) mass is 1420 g/mol. The van der Waals surface area contributed by atoms with Crippen molar-refractivity contribution in [3.05, 3.63) is 332 Å². The number of rotatable bonds is 24. The van der Waals surface area contributed by atoms with E-state index >= 15 is 70.2 Å². The molecule has 10 rings (SSSR count). The molecule has 0 heterocycles. The van der Waals surface area contributed by atoms with Crippen LogP contribution in [0, 0.1) is 116 Å². The van der Waals surface area contributed by atoms with E-state index in [0.29, 0.717) is 27.8 Å². The molecule has 0 aromatic heterocycles. The SMILES string of the molecule is C=Cc1ccc(COc2c(F)c(F)c([B-](c3c(F)c(F)c(OCc4ccc(C=C)cc4)c(F)c3F)(c3c(F)c(F)c(OCc4ccc(C=C)cc4)c(F)c3F)c3c(F)c(F)c(OCc4ccc(C=C)cc4)c(F)c3F)c(F)c2F)cc1.C=Cc1ccc(COc2c(F)c(F)cc(F)c2F)cc1.[Li+]. The second-order valence-electron chi connectivity index (χ2n) is 21.8. The van der Waals surface area contributed by atoms with Crippen molar-refractivity contribution in [1.29, 1.82) is 0 Å². The molecule has 0 atom stereocenters. The van der Waals surface area contributed by atoms with Crippen LogP contribution in [0.25, 0.3) is 30.4 Å². The molecule has 27 heteroatoms. The molecule has 102 heavy (non-hydrogen) atoms. The van der Waals surface area contributed by atoms with Crippen molar-refractivity contribution in [1.82, 2.24) is 0 Å². The van der Waals surface area contributed by atoms with Gasteiger partial charge in [-0.1, -0.05) is 185 Å². The van der Waals surface area contributed by atoms with Gasteiger partial charge in [-0.2, -0.15) is 43.9 Å². The Bertz CT molecular complexity index is 4230. The van der Waals surface area contributed by atoms with E-state index in [1.165, 1.54) is 121 Å². The molecule has 0 aliphatic carbocycles. The fourth-order valence-corrected chi connectivity index (χ4v) is 10.6. The number of hydrogen-bond donors (Lipinski definition) is 0. The van der Waals surface area contributed by atoms with E-state index in [4.69, 9.17) is 23.7 Å².